The molecule has 0 fully saturated rings. The molecule has 0 aliphatic carbocycles. The van der Waals surface area contributed by atoms with Crippen molar-refractivity contribution in [3.63, 3.8) is 0 Å². The van der Waals surface area contributed by atoms with Crippen LogP contribution in [-0.2, 0) is 11.3 Å². The lowest BCUT2D eigenvalue weighted by Crippen LogP contribution is -2.36. The summed E-state index contributed by atoms with van der Waals surface area (Å²) in [5.41, 5.74) is 2.42. The van der Waals surface area contributed by atoms with Crippen LogP contribution in [0.4, 0.5) is 0 Å². The first-order valence-corrected chi connectivity index (χ1v) is 9.41. The highest BCUT2D eigenvalue weighted by atomic mass is 16.2. The van der Waals surface area contributed by atoms with Crippen molar-refractivity contribution in [3.05, 3.63) is 106 Å². The van der Waals surface area contributed by atoms with Crippen molar-refractivity contribution < 1.29 is 4.79 Å². The fourth-order valence-electron chi connectivity index (χ4n) is 3.33. The number of nitrogens with one attached hydrogen (secondary N) is 1. The number of hydrogen-bond donors (Lipinski definition) is 1. The molecule has 29 heavy (non-hydrogen) atoms. The SMILES string of the molecule is O=C(Cn1nnc2ccccc2c1=O)NCC(c1ccccc1)c1ccccc1. The Morgan fingerprint density at radius 2 is 1.45 bits per heavy atom. The predicted octanol–water partition coefficient (Wildman–Crippen LogP) is 2.74. The van der Waals surface area contributed by atoms with Crippen LogP contribution in [0.2, 0.25) is 0 Å². The Bertz CT molecular complexity index is 1130. The fourth-order valence-corrected chi connectivity index (χ4v) is 3.33. The molecule has 0 atom stereocenters. The number of amides is 1. The van der Waals surface area contributed by atoms with Gasteiger partial charge in [-0.05, 0) is 23.3 Å². The van der Waals surface area contributed by atoms with Crippen LogP contribution in [-0.4, -0.2) is 27.4 Å². The van der Waals surface area contributed by atoms with Crippen LogP contribution < -0.4 is 10.9 Å². The van der Waals surface area contributed by atoms with Crippen LogP contribution in [0.3, 0.4) is 0 Å². The Labute approximate surface area is 167 Å². The number of carbonyl (C=O) groups is 1. The van der Waals surface area contributed by atoms with Crippen molar-refractivity contribution in [2.75, 3.05) is 6.54 Å². The highest BCUT2D eigenvalue weighted by Crippen LogP contribution is 2.23. The van der Waals surface area contributed by atoms with Crippen molar-refractivity contribution in [2.45, 2.75) is 12.5 Å². The smallest absolute Gasteiger partial charge is 0.278 e. The van der Waals surface area contributed by atoms with Gasteiger partial charge in [0.2, 0.25) is 5.91 Å². The van der Waals surface area contributed by atoms with Gasteiger partial charge in [-0.2, -0.15) is 0 Å². The third kappa shape index (κ3) is 4.21. The molecule has 0 unspecified atom stereocenters. The minimum Gasteiger partial charge on any atom is -0.354 e. The van der Waals surface area contributed by atoms with Crippen LogP contribution in [0.5, 0.6) is 0 Å². The lowest BCUT2D eigenvalue weighted by atomic mass is 9.91. The first-order chi connectivity index (χ1) is 14.2. The van der Waals surface area contributed by atoms with Gasteiger partial charge in [-0.1, -0.05) is 78.0 Å². The van der Waals surface area contributed by atoms with E-state index >= 15 is 0 Å². The average Bonchev–Trinajstić information content (AvgIpc) is 2.77. The third-order valence-corrected chi connectivity index (χ3v) is 4.83. The van der Waals surface area contributed by atoms with E-state index < -0.39 is 0 Å². The zero-order valence-electron chi connectivity index (χ0n) is 15.7. The molecule has 4 rings (SSSR count). The highest BCUT2D eigenvalue weighted by Gasteiger charge is 2.16. The van der Waals surface area contributed by atoms with Crippen molar-refractivity contribution in [1.29, 1.82) is 0 Å². The summed E-state index contributed by atoms with van der Waals surface area (Å²) in [7, 11) is 0. The number of nitrogens with zero attached hydrogens (tertiary/aromatic N) is 3. The molecule has 4 aromatic rings. The maximum atomic E-state index is 12.5. The van der Waals surface area contributed by atoms with Gasteiger partial charge in [0.25, 0.3) is 5.56 Å². The van der Waals surface area contributed by atoms with Crippen LogP contribution in [0, 0.1) is 0 Å². The van der Waals surface area contributed by atoms with E-state index in [4.69, 9.17) is 0 Å². The van der Waals surface area contributed by atoms with Gasteiger partial charge in [-0.25, -0.2) is 4.68 Å². The summed E-state index contributed by atoms with van der Waals surface area (Å²) in [5.74, 6) is -0.269. The summed E-state index contributed by atoms with van der Waals surface area (Å²) in [6.45, 7) is 0.246. The van der Waals surface area contributed by atoms with Gasteiger partial charge in [0.15, 0.2) is 0 Å². The molecule has 1 heterocycles. The van der Waals surface area contributed by atoms with Gasteiger partial charge < -0.3 is 5.32 Å². The van der Waals surface area contributed by atoms with Gasteiger partial charge in [-0.3, -0.25) is 9.59 Å². The molecule has 0 saturated carbocycles. The van der Waals surface area contributed by atoms with E-state index in [1.807, 2.05) is 60.7 Å². The van der Waals surface area contributed by atoms with Gasteiger partial charge >= 0.3 is 0 Å². The molecule has 1 amide bonds. The molecule has 1 N–H and O–H groups in total. The van der Waals surface area contributed by atoms with E-state index in [2.05, 4.69) is 15.6 Å². The van der Waals surface area contributed by atoms with E-state index in [0.29, 0.717) is 17.4 Å². The van der Waals surface area contributed by atoms with Crippen LogP contribution in [0.1, 0.15) is 17.0 Å². The standard InChI is InChI=1S/C23H20N4O2/c28-22(16-27-23(29)19-13-7-8-14-21(19)25-26-27)24-15-20(17-9-3-1-4-10-17)18-11-5-2-6-12-18/h1-14,20H,15-16H2,(H,24,28). The number of fused-ring (bicyclic) bond motifs is 1. The number of carbonyl (C=O) groups excluding carboxylic acids is 1. The van der Waals surface area contributed by atoms with Crippen LogP contribution in [0.15, 0.2) is 89.7 Å². The van der Waals surface area contributed by atoms with Gasteiger partial charge in [0.05, 0.1) is 5.39 Å². The molecule has 3 aromatic carbocycles. The van der Waals surface area contributed by atoms with Crippen molar-refractivity contribution in [1.82, 2.24) is 20.3 Å². The first kappa shape index (κ1) is 18.6. The molecular formula is C23H20N4O2. The number of hydrogen-bond acceptors (Lipinski definition) is 4. The normalized spacial score (nSPS) is 10.9. The van der Waals surface area contributed by atoms with Gasteiger partial charge in [-0.15, -0.1) is 5.10 Å². The summed E-state index contributed by atoms with van der Waals surface area (Å²) in [6, 6.07) is 27.0. The molecule has 1 aromatic heterocycles. The zero-order valence-corrected chi connectivity index (χ0v) is 15.7. The van der Waals surface area contributed by atoms with Crippen LogP contribution >= 0.6 is 0 Å². The van der Waals surface area contributed by atoms with Crippen LogP contribution in [0.25, 0.3) is 10.9 Å². The minimum atomic E-state index is -0.326. The Morgan fingerprint density at radius 3 is 2.10 bits per heavy atom. The Kier molecular flexibility index (Phi) is 5.42. The number of aromatic nitrogens is 3. The first-order valence-electron chi connectivity index (χ1n) is 9.41. The maximum absolute atomic E-state index is 12.5. The molecule has 0 bridgehead atoms. The Balaban J connectivity index is 1.50. The summed E-state index contributed by atoms with van der Waals surface area (Å²) in [5, 5.41) is 11.3. The van der Waals surface area contributed by atoms with Crippen molar-refractivity contribution in [3.8, 4) is 0 Å². The summed E-state index contributed by atoms with van der Waals surface area (Å²) >= 11 is 0. The number of benzene rings is 3. The molecule has 0 radical (unpaired) electrons. The third-order valence-electron chi connectivity index (χ3n) is 4.83. The lowest BCUT2D eigenvalue weighted by molar-refractivity contribution is -0.121. The molecule has 0 saturated heterocycles. The Hall–Kier alpha value is -3.80. The quantitative estimate of drug-likeness (QED) is 0.555. The zero-order chi connectivity index (χ0) is 20.1. The second-order valence-electron chi connectivity index (χ2n) is 6.75. The average molecular weight is 384 g/mol. The molecule has 0 aliphatic heterocycles. The van der Waals surface area contributed by atoms with Gasteiger partial charge in [0.1, 0.15) is 12.1 Å². The van der Waals surface area contributed by atoms with Crippen molar-refractivity contribution in [2.24, 2.45) is 0 Å². The molecule has 6 heteroatoms. The fraction of sp³-hybridized carbons (Fsp3) is 0.130. The van der Waals surface area contributed by atoms with E-state index in [-0.39, 0.29) is 23.9 Å². The maximum Gasteiger partial charge on any atom is 0.278 e. The largest absolute Gasteiger partial charge is 0.354 e. The summed E-state index contributed by atoms with van der Waals surface area (Å²) < 4.78 is 1.09. The van der Waals surface area contributed by atoms with Gasteiger partial charge in [0, 0.05) is 12.5 Å². The van der Waals surface area contributed by atoms with E-state index in [1.54, 1.807) is 24.3 Å². The molecule has 6 nitrogen and oxygen atoms in total. The predicted molar refractivity (Wildman–Crippen MR) is 112 cm³/mol. The second-order valence-corrected chi connectivity index (χ2v) is 6.75. The topological polar surface area (TPSA) is 76.9 Å². The second kappa shape index (κ2) is 8.48. The molecule has 144 valence electrons. The Morgan fingerprint density at radius 1 is 0.862 bits per heavy atom. The monoisotopic (exact) mass is 384 g/mol. The lowest BCUT2D eigenvalue weighted by Gasteiger charge is -2.19. The van der Waals surface area contributed by atoms with E-state index in [1.165, 1.54) is 0 Å². The highest BCUT2D eigenvalue weighted by molar-refractivity contribution is 5.78. The molecular weight excluding hydrogens is 364 g/mol. The summed E-state index contributed by atoms with van der Waals surface area (Å²) in [4.78, 5) is 25.1. The minimum absolute atomic E-state index is 0.0146. The number of rotatable bonds is 6. The summed E-state index contributed by atoms with van der Waals surface area (Å²) in [6.07, 6.45) is 0. The molecule has 0 aliphatic rings. The van der Waals surface area contributed by atoms with Crippen molar-refractivity contribution >= 4 is 16.8 Å². The van der Waals surface area contributed by atoms with E-state index in [0.717, 1.165) is 15.8 Å². The van der Waals surface area contributed by atoms with E-state index in [9.17, 15) is 9.59 Å². The molecule has 0 spiro atoms.